The lowest BCUT2D eigenvalue weighted by atomic mass is 10.1. The average molecular weight is 365 g/mol. The van der Waals surface area contributed by atoms with Crippen molar-refractivity contribution in [3.8, 4) is 0 Å². The predicted octanol–water partition coefficient (Wildman–Crippen LogP) is 2.33. The van der Waals surface area contributed by atoms with E-state index >= 15 is 0 Å². The Morgan fingerprint density at radius 3 is 2.04 bits per heavy atom. The molecule has 0 bridgehead atoms. The van der Waals surface area contributed by atoms with Crippen LogP contribution in [0.2, 0.25) is 0 Å². The van der Waals surface area contributed by atoms with Crippen LogP contribution in [0.3, 0.4) is 0 Å². The van der Waals surface area contributed by atoms with Crippen LogP contribution in [0.5, 0.6) is 0 Å². The number of carbonyl (C=O) groups is 3. The highest BCUT2D eigenvalue weighted by Gasteiger charge is 2.28. The second-order valence-corrected chi connectivity index (χ2v) is 6.81. The van der Waals surface area contributed by atoms with Gasteiger partial charge in [-0.3, -0.25) is 19.3 Å². The zero-order chi connectivity index (χ0) is 19.4. The van der Waals surface area contributed by atoms with Gasteiger partial charge in [-0.1, -0.05) is 24.3 Å². The van der Waals surface area contributed by atoms with Gasteiger partial charge in [0.15, 0.2) is 0 Å². The lowest BCUT2D eigenvalue weighted by Crippen LogP contribution is -2.28. The first kappa shape index (κ1) is 18.6. The fourth-order valence-corrected chi connectivity index (χ4v) is 2.94. The molecule has 0 spiro atoms. The standard InChI is InChI=1S/C21H23N3O3/c1-23(2)18-9-5-15(6-10-18)13-22-21(27)17-7-3-16(4-8-17)14-24-19(25)11-12-20(24)26/h3-10H,11-14H2,1-2H3,(H,22,27). The first-order chi connectivity index (χ1) is 12.9. The molecule has 2 aromatic rings. The van der Waals surface area contributed by atoms with E-state index in [1.165, 1.54) is 4.90 Å². The highest BCUT2D eigenvalue weighted by molar-refractivity contribution is 6.01. The number of imide groups is 1. The molecule has 0 radical (unpaired) electrons. The number of hydrogen-bond acceptors (Lipinski definition) is 4. The van der Waals surface area contributed by atoms with E-state index in [9.17, 15) is 14.4 Å². The van der Waals surface area contributed by atoms with Gasteiger partial charge in [-0.15, -0.1) is 0 Å². The van der Waals surface area contributed by atoms with Crippen LogP contribution in [0.15, 0.2) is 48.5 Å². The van der Waals surface area contributed by atoms with Crippen LogP contribution < -0.4 is 10.2 Å². The summed E-state index contributed by atoms with van der Waals surface area (Å²) in [5.41, 5.74) is 3.50. The van der Waals surface area contributed by atoms with Crippen molar-refractivity contribution in [1.29, 1.82) is 0 Å². The maximum Gasteiger partial charge on any atom is 0.251 e. The molecule has 0 atom stereocenters. The van der Waals surface area contributed by atoms with Crippen molar-refractivity contribution in [1.82, 2.24) is 10.2 Å². The summed E-state index contributed by atoms with van der Waals surface area (Å²) in [6, 6.07) is 15.0. The molecule has 1 fully saturated rings. The van der Waals surface area contributed by atoms with Gasteiger partial charge < -0.3 is 10.2 Å². The molecule has 1 N–H and O–H groups in total. The van der Waals surface area contributed by atoms with Gasteiger partial charge >= 0.3 is 0 Å². The van der Waals surface area contributed by atoms with Crippen molar-refractivity contribution in [3.63, 3.8) is 0 Å². The predicted molar refractivity (Wildman–Crippen MR) is 103 cm³/mol. The van der Waals surface area contributed by atoms with E-state index < -0.39 is 0 Å². The summed E-state index contributed by atoms with van der Waals surface area (Å²) >= 11 is 0. The third-order valence-corrected chi connectivity index (χ3v) is 4.62. The summed E-state index contributed by atoms with van der Waals surface area (Å²) in [5, 5.41) is 2.90. The molecular formula is C21H23N3O3. The number of hydrogen-bond donors (Lipinski definition) is 1. The summed E-state index contributed by atoms with van der Waals surface area (Å²) in [6.45, 7) is 0.711. The van der Waals surface area contributed by atoms with Crippen molar-refractivity contribution < 1.29 is 14.4 Å². The van der Waals surface area contributed by atoms with E-state index in [-0.39, 0.29) is 37.1 Å². The van der Waals surface area contributed by atoms with Gasteiger partial charge in [0.1, 0.15) is 0 Å². The van der Waals surface area contributed by atoms with Crippen LogP contribution in [0.1, 0.15) is 34.3 Å². The highest BCUT2D eigenvalue weighted by atomic mass is 16.2. The molecule has 1 aliphatic rings. The second-order valence-electron chi connectivity index (χ2n) is 6.81. The SMILES string of the molecule is CN(C)c1ccc(CNC(=O)c2ccc(CN3C(=O)CCC3=O)cc2)cc1. The zero-order valence-electron chi connectivity index (χ0n) is 15.6. The Balaban J connectivity index is 1.55. The van der Waals surface area contributed by atoms with E-state index in [0.29, 0.717) is 12.1 Å². The van der Waals surface area contributed by atoms with Gasteiger partial charge in [0.25, 0.3) is 5.91 Å². The number of anilines is 1. The van der Waals surface area contributed by atoms with Crippen LogP contribution in [0, 0.1) is 0 Å². The molecule has 1 saturated heterocycles. The van der Waals surface area contributed by atoms with Crippen molar-refractivity contribution in [3.05, 3.63) is 65.2 Å². The molecule has 0 saturated carbocycles. The Bertz CT molecular complexity index is 826. The quantitative estimate of drug-likeness (QED) is 0.798. The van der Waals surface area contributed by atoms with Crippen molar-refractivity contribution in [2.75, 3.05) is 19.0 Å². The maximum atomic E-state index is 12.3. The lowest BCUT2D eigenvalue weighted by molar-refractivity contribution is -0.139. The van der Waals surface area contributed by atoms with E-state index in [2.05, 4.69) is 5.32 Å². The van der Waals surface area contributed by atoms with Gasteiger partial charge in [-0.05, 0) is 35.4 Å². The molecule has 3 amide bonds. The number of rotatable bonds is 6. The summed E-state index contributed by atoms with van der Waals surface area (Å²) in [6.07, 6.45) is 0.573. The van der Waals surface area contributed by atoms with E-state index in [0.717, 1.165) is 16.8 Å². The number of amides is 3. The highest BCUT2D eigenvalue weighted by Crippen LogP contribution is 2.16. The molecule has 27 heavy (non-hydrogen) atoms. The minimum atomic E-state index is -0.161. The summed E-state index contributed by atoms with van der Waals surface area (Å²) in [5.74, 6) is -0.434. The number of nitrogens with one attached hydrogen (secondary N) is 1. The number of likely N-dealkylation sites (tertiary alicyclic amines) is 1. The maximum absolute atomic E-state index is 12.3. The lowest BCUT2D eigenvalue weighted by Gasteiger charge is -2.14. The van der Waals surface area contributed by atoms with Crippen molar-refractivity contribution >= 4 is 23.4 Å². The Labute approximate surface area is 158 Å². The Morgan fingerprint density at radius 1 is 0.926 bits per heavy atom. The van der Waals surface area contributed by atoms with Crippen LogP contribution in [-0.4, -0.2) is 36.7 Å². The smallest absolute Gasteiger partial charge is 0.251 e. The first-order valence-corrected chi connectivity index (χ1v) is 8.90. The third-order valence-electron chi connectivity index (χ3n) is 4.62. The van der Waals surface area contributed by atoms with Crippen LogP contribution in [0.25, 0.3) is 0 Å². The molecule has 1 aliphatic heterocycles. The molecule has 0 aromatic heterocycles. The Kier molecular flexibility index (Phi) is 5.54. The normalized spacial score (nSPS) is 13.8. The minimum absolute atomic E-state index is 0.137. The van der Waals surface area contributed by atoms with E-state index in [4.69, 9.17) is 0 Å². The largest absolute Gasteiger partial charge is 0.378 e. The van der Waals surface area contributed by atoms with E-state index in [1.807, 2.05) is 43.3 Å². The summed E-state index contributed by atoms with van der Waals surface area (Å²) in [7, 11) is 3.96. The topological polar surface area (TPSA) is 69.7 Å². The van der Waals surface area contributed by atoms with Crippen molar-refractivity contribution in [2.24, 2.45) is 0 Å². The average Bonchev–Trinajstić information content (AvgIpc) is 2.99. The minimum Gasteiger partial charge on any atom is -0.378 e. The molecule has 0 unspecified atom stereocenters. The molecule has 1 heterocycles. The van der Waals surface area contributed by atoms with Gasteiger partial charge in [0.05, 0.1) is 6.54 Å². The van der Waals surface area contributed by atoms with Gasteiger partial charge in [0.2, 0.25) is 11.8 Å². The third kappa shape index (κ3) is 4.53. The second kappa shape index (κ2) is 8.03. The first-order valence-electron chi connectivity index (χ1n) is 8.90. The zero-order valence-corrected chi connectivity index (χ0v) is 15.6. The van der Waals surface area contributed by atoms with Crippen LogP contribution >= 0.6 is 0 Å². The number of carbonyl (C=O) groups excluding carboxylic acids is 3. The van der Waals surface area contributed by atoms with E-state index in [1.54, 1.807) is 24.3 Å². The fourth-order valence-electron chi connectivity index (χ4n) is 2.94. The van der Waals surface area contributed by atoms with Crippen molar-refractivity contribution in [2.45, 2.75) is 25.9 Å². The molecule has 140 valence electrons. The molecule has 3 rings (SSSR count). The van der Waals surface area contributed by atoms with Gasteiger partial charge in [-0.2, -0.15) is 0 Å². The monoisotopic (exact) mass is 365 g/mol. The van der Waals surface area contributed by atoms with Gasteiger partial charge in [-0.25, -0.2) is 0 Å². The Morgan fingerprint density at radius 2 is 1.48 bits per heavy atom. The van der Waals surface area contributed by atoms with Gasteiger partial charge in [0, 0.05) is 44.7 Å². The fraction of sp³-hybridized carbons (Fsp3) is 0.286. The summed E-state index contributed by atoms with van der Waals surface area (Å²) in [4.78, 5) is 39.0. The van der Waals surface area contributed by atoms with Crippen LogP contribution in [0.4, 0.5) is 5.69 Å². The molecule has 0 aliphatic carbocycles. The number of nitrogens with zero attached hydrogens (tertiary/aromatic N) is 2. The number of benzene rings is 2. The molecule has 6 nitrogen and oxygen atoms in total. The van der Waals surface area contributed by atoms with Crippen LogP contribution in [-0.2, 0) is 22.7 Å². The Hall–Kier alpha value is -3.15. The molecular weight excluding hydrogens is 342 g/mol. The molecule has 6 heteroatoms. The summed E-state index contributed by atoms with van der Waals surface area (Å²) < 4.78 is 0. The molecule has 2 aromatic carbocycles.